The Morgan fingerprint density at radius 3 is 0.731 bits per heavy atom. The summed E-state index contributed by atoms with van der Waals surface area (Å²) in [7, 11) is -9.90. The lowest BCUT2D eigenvalue weighted by Gasteiger charge is -2.21. The lowest BCUT2D eigenvalue weighted by molar-refractivity contribution is -0.161. The summed E-state index contributed by atoms with van der Waals surface area (Å²) in [5.41, 5.74) is 0. The van der Waals surface area contributed by atoms with E-state index in [1.54, 1.807) is 0 Å². The van der Waals surface area contributed by atoms with Gasteiger partial charge >= 0.3 is 39.5 Å². The minimum Gasteiger partial charge on any atom is -0.462 e. The first-order chi connectivity index (χ1) is 44.9. The molecule has 0 aromatic carbocycles. The van der Waals surface area contributed by atoms with E-state index in [4.69, 9.17) is 37.0 Å². The van der Waals surface area contributed by atoms with Crippen LogP contribution in [0.25, 0.3) is 0 Å². The van der Waals surface area contributed by atoms with Crippen LogP contribution >= 0.6 is 15.6 Å². The second-order valence-corrected chi connectivity index (χ2v) is 30.5. The van der Waals surface area contributed by atoms with Crippen LogP contribution in [0.15, 0.2) is 0 Å². The molecular formula is C74H144O17P2. The van der Waals surface area contributed by atoms with E-state index in [0.29, 0.717) is 25.7 Å². The van der Waals surface area contributed by atoms with Gasteiger partial charge < -0.3 is 33.8 Å². The van der Waals surface area contributed by atoms with Crippen molar-refractivity contribution in [3.63, 3.8) is 0 Å². The standard InChI is InChI=1S/C74H144O17P2/c1-7-9-11-13-15-17-33-40-46-52-58-73(78)90-69(62-84-71(76)56-50-44-38-30-16-14-12-10-8-2)64-88-92(80,81)86-60-68(75)61-87-93(82,83)89-65-70(63-85-72(77)57-51-45-39-34-28-25-24-27-32-37-43-49-55-67(5)6)91-74(79)59-53-47-41-35-29-23-21-19-18-20-22-26-31-36-42-48-54-66(3)4/h66-70,75H,7-65H2,1-6H3,(H,80,81)(H,82,83)/t68-,69+,70+/m0/s1. The number of hydrogen-bond donors (Lipinski definition) is 3. The number of aliphatic hydroxyl groups excluding tert-OH is 1. The molecule has 17 nitrogen and oxygen atoms in total. The summed E-state index contributed by atoms with van der Waals surface area (Å²) in [6, 6.07) is 0. The van der Waals surface area contributed by atoms with Crippen LogP contribution in [0.5, 0.6) is 0 Å². The van der Waals surface area contributed by atoms with Crippen LogP contribution in [0.2, 0.25) is 0 Å². The highest BCUT2D eigenvalue weighted by Crippen LogP contribution is 2.45. The zero-order chi connectivity index (χ0) is 68.6. The molecule has 0 saturated heterocycles. The zero-order valence-corrected chi connectivity index (χ0v) is 62.3. The molecule has 552 valence electrons. The number of unbranched alkanes of at least 4 members (excludes halogenated alkanes) is 43. The number of esters is 4. The van der Waals surface area contributed by atoms with E-state index in [0.717, 1.165) is 102 Å². The Bertz CT molecular complexity index is 1800. The predicted octanol–water partition coefficient (Wildman–Crippen LogP) is 21.6. The number of phosphoric acid groups is 2. The second kappa shape index (κ2) is 66.0. The third kappa shape index (κ3) is 68.4. The van der Waals surface area contributed by atoms with E-state index in [1.165, 1.54) is 199 Å². The smallest absolute Gasteiger partial charge is 0.462 e. The summed E-state index contributed by atoms with van der Waals surface area (Å²) >= 11 is 0. The van der Waals surface area contributed by atoms with Crippen molar-refractivity contribution in [3.05, 3.63) is 0 Å². The molecule has 0 bridgehead atoms. The van der Waals surface area contributed by atoms with E-state index in [1.807, 2.05) is 0 Å². The Morgan fingerprint density at radius 2 is 0.495 bits per heavy atom. The van der Waals surface area contributed by atoms with Crippen LogP contribution in [0.3, 0.4) is 0 Å². The molecule has 0 aliphatic rings. The van der Waals surface area contributed by atoms with Crippen LogP contribution in [-0.2, 0) is 65.4 Å². The van der Waals surface area contributed by atoms with Crippen molar-refractivity contribution in [1.82, 2.24) is 0 Å². The number of carbonyl (C=O) groups is 4. The topological polar surface area (TPSA) is 237 Å². The number of hydrogen-bond acceptors (Lipinski definition) is 15. The molecule has 0 amide bonds. The average Bonchev–Trinajstić information content (AvgIpc) is 2.54. The number of ether oxygens (including phenoxy) is 4. The Balaban J connectivity index is 5.20. The van der Waals surface area contributed by atoms with Crippen LogP contribution in [-0.4, -0.2) is 96.7 Å². The number of aliphatic hydroxyl groups is 1. The number of carbonyl (C=O) groups excluding carboxylic acids is 4. The molecule has 0 aromatic heterocycles. The molecule has 19 heteroatoms. The molecule has 0 aliphatic heterocycles. The van der Waals surface area contributed by atoms with Crippen LogP contribution in [0.1, 0.15) is 382 Å². The predicted molar refractivity (Wildman–Crippen MR) is 377 cm³/mol. The van der Waals surface area contributed by atoms with Gasteiger partial charge in [-0.05, 0) is 37.5 Å². The molecule has 0 spiro atoms. The summed E-state index contributed by atoms with van der Waals surface area (Å²) in [5.74, 6) is -0.528. The SMILES string of the molecule is CCCCCCCCCCCCC(=O)O[C@H](COC(=O)CCCCCCCCCCC)COP(=O)(O)OC[C@H](O)COP(=O)(O)OC[C@@H](COC(=O)CCCCCCCCCCCCCCC(C)C)OC(=O)CCCCCCCCCCCCCCCCCCC(C)C. The second-order valence-electron chi connectivity index (χ2n) is 27.6. The minimum absolute atomic E-state index is 0.106. The van der Waals surface area contributed by atoms with Crippen molar-refractivity contribution in [1.29, 1.82) is 0 Å². The van der Waals surface area contributed by atoms with Crippen molar-refractivity contribution in [2.75, 3.05) is 39.6 Å². The van der Waals surface area contributed by atoms with Gasteiger partial charge in [-0.3, -0.25) is 37.3 Å². The molecule has 0 rings (SSSR count). The van der Waals surface area contributed by atoms with E-state index >= 15 is 0 Å². The molecule has 0 aliphatic carbocycles. The number of rotatable bonds is 73. The lowest BCUT2D eigenvalue weighted by Crippen LogP contribution is -2.30. The van der Waals surface area contributed by atoms with Crippen molar-refractivity contribution in [3.8, 4) is 0 Å². The van der Waals surface area contributed by atoms with Gasteiger partial charge in [0.2, 0.25) is 0 Å². The summed E-state index contributed by atoms with van der Waals surface area (Å²) in [6.07, 6.45) is 52.7. The zero-order valence-electron chi connectivity index (χ0n) is 60.6. The molecule has 3 N–H and O–H groups in total. The van der Waals surface area contributed by atoms with Gasteiger partial charge in [0.15, 0.2) is 12.2 Å². The quantitative estimate of drug-likeness (QED) is 0.0222. The summed E-state index contributed by atoms with van der Waals surface area (Å²) < 4.78 is 68.4. The first-order valence-corrected chi connectivity index (χ1v) is 41.5. The fourth-order valence-corrected chi connectivity index (χ4v) is 12.9. The molecule has 0 heterocycles. The maximum Gasteiger partial charge on any atom is 0.472 e. The summed E-state index contributed by atoms with van der Waals surface area (Å²) in [4.78, 5) is 72.6. The highest BCUT2D eigenvalue weighted by atomic mass is 31.2. The molecule has 0 fully saturated rings. The van der Waals surface area contributed by atoms with E-state index in [2.05, 4.69) is 41.5 Å². The van der Waals surface area contributed by atoms with Gasteiger partial charge in [-0.2, -0.15) is 0 Å². The Labute approximate surface area is 568 Å². The highest BCUT2D eigenvalue weighted by Gasteiger charge is 2.30. The first-order valence-electron chi connectivity index (χ1n) is 38.5. The van der Waals surface area contributed by atoms with Gasteiger partial charge in [0, 0.05) is 25.7 Å². The van der Waals surface area contributed by atoms with Gasteiger partial charge in [-0.25, -0.2) is 9.13 Å². The molecule has 5 atom stereocenters. The fraction of sp³-hybridized carbons (Fsp3) is 0.946. The van der Waals surface area contributed by atoms with Gasteiger partial charge in [-0.15, -0.1) is 0 Å². The Kier molecular flexibility index (Phi) is 64.6. The third-order valence-corrected chi connectivity index (χ3v) is 19.1. The van der Waals surface area contributed by atoms with Crippen molar-refractivity contribution in [2.24, 2.45) is 11.8 Å². The van der Waals surface area contributed by atoms with Crippen LogP contribution < -0.4 is 0 Å². The normalized spacial score (nSPS) is 14.1. The lowest BCUT2D eigenvalue weighted by atomic mass is 10.0. The Morgan fingerprint density at radius 1 is 0.290 bits per heavy atom. The van der Waals surface area contributed by atoms with Gasteiger partial charge in [0.25, 0.3) is 0 Å². The van der Waals surface area contributed by atoms with Crippen molar-refractivity contribution >= 4 is 39.5 Å². The van der Waals surface area contributed by atoms with E-state index in [9.17, 15) is 43.2 Å². The van der Waals surface area contributed by atoms with Crippen molar-refractivity contribution < 1.29 is 80.2 Å². The molecule has 93 heavy (non-hydrogen) atoms. The maximum atomic E-state index is 13.1. The average molecular weight is 1370 g/mol. The minimum atomic E-state index is -4.96. The fourth-order valence-electron chi connectivity index (χ4n) is 11.3. The van der Waals surface area contributed by atoms with Crippen LogP contribution in [0, 0.1) is 11.8 Å². The maximum absolute atomic E-state index is 13.1. The molecule has 0 aromatic rings. The summed E-state index contributed by atoms with van der Waals surface area (Å²) in [6.45, 7) is 9.60. The molecule has 2 unspecified atom stereocenters. The monoisotopic (exact) mass is 1370 g/mol. The number of phosphoric ester groups is 2. The molecule has 0 radical (unpaired) electrons. The van der Waals surface area contributed by atoms with Gasteiger partial charge in [0.1, 0.15) is 19.3 Å². The Hall–Kier alpha value is -1.94. The van der Waals surface area contributed by atoms with Gasteiger partial charge in [-0.1, -0.05) is 330 Å². The van der Waals surface area contributed by atoms with E-state index < -0.39 is 97.5 Å². The molecule has 0 saturated carbocycles. The highest BCUT2D eigenvalue weighted by molar-refractivity contribution is 7.47. The largest absolute Gasteiger partial charge is 0.472 e. The third-order valence-electron chi connectivity index (χ3n) is 17.2. The van der Waals surface area contributed by atoms with Crippen molar-refractivity contribution in [2.45, 2.75) is 400 Å². The van der Waals surface area contributed by atoms with Crippen LogP contribution in [0.4, 0.5) is 0 Å². The first kappa shape index (κ1) is 91.1. The molecular weight excluding hydrogens is 1220 g/mol. The summed E-state index contributed by atoms with van der Waals surface area (Å²) in [5, 5.41) is 10.6. The van der Waals surface area contributed by atoms with Gasteiger partial charge in [0.05, 0.1) is 26.4 Å². The van der Waals surface area contributed by atoms with E-state index in [-0.39, 0.29) is 25.7 Å².